The third kappa shape index (κ3) is 3.33. The number of hydrogen-bond donors (Lipinski definition) is 0. The Hall–Kier alpha value is -1.66. The molecule has 1 aromatic carbocycles. The van der Waals surface area contributed by atoms with Gasteiger partial charge in [-0.2, -0.15) is 0 Å². The van der Waals surface area contributed by atoms with Crippen LogP contribution in [-0.2, 0) is 9.47 Å². The van der Waals surface area contributed by atoms with Crippen molar-refractivity contribution in [1.29, 1.82) is 0 Å². The minimum absolute atomic E-state index is 0.147. The van der Waals surface area contributed by atoms with E-state index in [2.05, 4.69) is 0 Å². The standard InChI is InChI=1S/C17H23FN2O3/c1-17(2)12-23-10-7-20(17)16(21)13-3-4-15(14(18)11-13)19-5-8-22-9-6-19/h3-4,11H,5-10,12H2,1-2H3. The van der Waals surface area contributed by atoms with Crippen molar-refractivity contribution in [1.82, 2.24) is 4.90 Å². The van der Waals surface area contributed by atoms with Gasteiger partial charge in [0.2, 0.25) is 0 Å². The highest BCUT2D eigenvalue weighted by Crippen LogP contribution is 2.25. The number of morpholine rings is 2. The Kier molecular flexibility index (Phi) is 4.55. The number of benzene rings is 1. The summed E-state index contributed by atoms with van der Waals surface area (Å²) in [5.74, 6) is -0.505. The zero-order chi connectivity index (χ0) is 16.4. The molecule has 0 aromatic heterocycles. The van der Waals surface area contributed by atoms with E-state index in [1.54, 1.807) is 17.0 Å². The summed E-state index contributed by atoms with van der Waals surface area (Å²) in [5.41, 5.74) is 0.537. The summed E-state index contributed by atoms with van der Waals surface area (Å²) in [6, 6.07) is 4.75. The van der Waals surface area contributed by atoms with Crippen LogP contribution in [0.4, 0.5) is 10.1 Å². The maximum atomic E-state index is 14.5. The third-order valence-corrected chi connectivity index (χ3v) is 4.44. The number of ether oxygens (including phenoxy) is 2. The van der Waals surface area contributed by atoms with Crippen LogP contribution in [0.3, 0.4) is 0 Å². The summed E-state index contributed by atoms with van der Waals surface area (Å²) in [7, 11) is 0. The summed E-state index contributed by atoms with van der Waals surface area (Å²) in [6.45, 7) is 7.99. The molecule has 2 saturated heterocycles. The highest BCUT2D eigenvalue weighted by molar-refractivity contribution is 5.95. The molecular weight excluding hydrogens is 299 g/mol. The van der Waals surface area contributed by atoms with E-state index < -0.39 is 0 Å². The number of halogens is 1. The van der Waals surface area contributed by atoms with Gasteiger partial charge in [-0.3, -0.25) is 4.79 Å². The second kappa shape index (κ2) is 6.45. The molecule has 2 fully saturated rings. The van der Waals surface area contributed by atoms with Crippen molar-refractivity contribution < 1.29 is 18.7 Å². The quantitative estimate of drug-likeness (QED) is 0.834. The fraction of sp³-hybridized carbons (Fsp3) is 0.588. The number of carbonyl (C=O) groups excluding carboxylic acids is 1. The predicted octanol–water partition coefficient (Wildman–Crippen LogP) is 1.91. The first-order valence-electron chi connectivity index (χ1n) is 8.01. The molecule has 6 heteroatoms. The molecule has 0 saturated carbocycles. The fourth-order valence-electron chi connectivity index (χ4n) is 3.09. The molecule has 2 heterocycles. The van der Waals surface area contributed by atoms with E-state index in [4.69, 9.17) is 9.47 Å². The number of nitrogens with zero attached hydrogens (tertiary/aromatic N) is 2. The average molecular weight is 322 g/mol. The summed E-state index contributed by atoms with van der Waals surface area (Å²) in [6.07, 6.45) is 0. The van der Waals surface area contributed by atoms with Crippen LogP contribution in [0, 0.1) is 5.82 Å². The van der Waals surface area contributed by atoms with Crippen LogP contribution >= 0.6 is 0 Å². The average Bonchev–Trinajstić information content (AvgIpc) is 2.54. The van der Waals surface area contributed by atoms with Gasteiger partial charge in [0.1, 0.15) is 5.82 Å². The lowest BCUT2D eigenvalue weighted by Crippen LogP contribution is -2.55. The van der Waals surface area contributed by atoms with E-state index in [9.17, 15) is 9.18 Å². The van der Waals surface area contributed by atoms with Gasteiger partial charge in [0, 0.05) is 25.2 Å². The van der Waals surface area contributed by atoms with Gasteiger partial charge in [-0.1, -0.05) is 0 Å². The molecule has 3 rings (SSSR count). The second-order valence-electron chi connectivity index (χ2n) is 6.59. The molecular formula is C17H23FN2O3. The molecule has 0 bridgehead atoms. The molecule has 2 aliphatic heterocycles. The maximum absolute atomic E-state index is 14.5. The number of carbonyl (C=O) groups is 1. The predicted molar refractivity (Wildman–Crippen MR) is 85.4 cm³/mol. The van der Waals surface area contributed by atoms with Crippen molar-refractivity contribution in [3.8, 4) is 0 Å². The first-order valence-corrected chi connectivity index (χ1v) is 8.01. The number of amides is 1. The van der Waals surface area contributed by atoms with Crippen LogP contribution < -0.4 is 4.90 Å². The highest BCUT2D eigenvalue weighted by Gasteiger charge is 2.34. The Bertz CT molecular complexity index is 585. The maximum Gasteiger partial charge on any atom is 0.254 e. The first-order chi connectivity index (χ1) is 11.0. The largest absolute Gasteiger partial charge is 0.378 e. The topological polar surface area (TPSA) is 42.0 Å². The molecule has 0 unspecified atom stereocenters. The lowest BCUT2D eigenvalue weighted by molar-refractivity contribution is -0.0370. The molecule has 0 atom stereocenters. The van der Waals surface area contributed by atoms with E-state index >= 15 is 0 Å². The normalized spacial score (nSPS) is 21.3. The molecule has 0 aliphatic carbocycles. The zero-order valence-electron chi connectivity index (χ0n) is 13.7. The number of rotatable bonds is 2. The van der Waals surface area contributed by atoms with Gasteiger partial charge < -0.3 is 19.3 Å². The molecule has 23 heavy (non-hydrogen) atoms. The Labute approximate surface area is 136 Å². The van der Waals surface area contributed by atoms with Crippen molar-refractivity contribution >= 4 is 11.6 Å². The molecule has 2 aliphatic rings. The van der Waals surface area contributed by atoms with Crippen LogP contribution in [-0.4, -0.2) is 62.4 Å². The summed E-state index contributed by atoms with van der Waals surface area (Å²) < 4.78 is 25.2. The fourth-order valence-corrected chi connectivity index (χ4v) is 3.09. The van der Waals surface area contributed by atoms with Crippen LogP contribution in [0.5, 0.6) is 0 Å². The van der Waals surface area contributed by atoms with E-state index in [-0.39, 0.29) is 17.3 Å². The number of hydrogen-bond acceptors (Lipinski definition) is 4. The molecule has 1 aromatic rings. The lowest BCUT2D eigenvalue weighted by atomic mass is 10.0. The van der Waals surface area contributed by atoms with Crippen LogP contribution in [0.2, 0.25) is 0 Å². The molecule has 0 radical (unpaired) electrons. The molecule has 0 N–H and O–H groups in total. The first kappa shape index (κ1) is 16.2. The Morgan fingerprint density at radius 2 is 1.83 bits per heavy atom. The Morgan fingerprint density at radius 3 is 2.48 bits per heavy atom. The van der Waals surface area contributed by atoms with Crippen LogP contribution in [0.15, 0.2) is 18.2 Å². The molecule has 5 nitrogen and oxygen atoms in total. The van der Waals surface area contributed by atoms with E-state index in [1.165, 1.54) is 6.07 Å². The Morgan fingerprint density at radius 1 is 1.13 bits per heavy atom. The Balaban J connectivity index is 1.80. The monoisotopic (exact) mass is 322 g/mol. The third-order valence-electron chi connectivity index (χ3n) is 4.44. The molecule has 126 valence electrons. The van der Waals surface area contributed by atoms with Gasteiger partial charge in [0.25, 0.3) is 5.91 Å². The SMILES string of the molecule is CC1(C)COCCN1C(=O)c1ccc(N2CCOCC2)c(F)c1. The second-order valence-corrected chi connectivity index (χ2v) is 6.59. The van der Waals surface area contributed by atoms with E-state index in [0.717, 1.165) is 0 Å². The minimum atomic E-state index is -0.380. The van der Waals surface area contributed by atoms with Crippen LogP contribution in [0.1, 0.15) is 24.2 Å². The van der Waals surface area contributed by atoms with Gasteiger partial charge in [-0.15, -0.1) is 0 Å². The van der Waals surface area contributed by atoms with Crippen molar-refractivity contribution in [2.75, 3.05) is 51.0 Å². The van der Waals surface area contributed by atoms with Crippen LogP contribution in [0.25, 0.3) is 0 Å². The minimum Gasteiger partial charge on any atom is -0.378 e. The molecule has 0 spiro atoms. The summed E-state index contributed by atoms with van der Waals surface area (Å²) in [4.78, 5) is 16.4. The van der Waals surface area contributed by atoms with Crippen molar-refractivity contribution in [3.05, 3.63) is 29.6 Å². The van der Waals surface area contributed by atoms with Crippen molar-refractivity contribution in [2.24, 2.45) is 0 Å². The van der Waals surface area contributed by atoms with Gasteiger partial charge >= 0.3 is 0 Å². The highest BCUT2D eigenvalue weighted by atomic mass is 19.1. The van der Waals surface area contributed by atoms with Crippen molar-refractivity contribution in [3.63, 3.8) is 0 Å². The smallest absolute Gasteiger partial charge is 0.254 e. The zero-order valence-corrected chi connectivity index (χ0v) is 13.7. The summed E-state index contributed by atoms with van der Waals surface area (Å²) >= 11 is 0. The van der Waals surface area contributed by atoms with Gasteiger partial charge in [-0.05, 0) is 32.0 Å². The number of anilines is 1. The van der Waals surface area contributed by atoms with E-state index in [1.807, 2.05) is 18.7 Å². The lowest BCUT2D eigenvalue weighted by Gasteiger charge is -2.42. The van der Waals surface area contributed by atoms with Gasteiger partial charge in [0.05, 0.1) is 37.7 Å². The van der Waals surface area contributed by atoms with Gasteiger partial charge in [-0.25, -0.2) is 4.39 Å². The molecule has 1 amide bonds. The van der Waals surface area contributed by atoms with Gasteiger partial charge in [0.15, 0.2) is 0 Å². The van der Waals surface area contributed by atoms with Crippen molar-refractivity contribution in [2.45, 2.75) is 19.4 Å². The summed E-state index contributed by atoms with van der Waals surface area (Å²) in [5, 5.41) is 0. The van der Waals surface area contributed by atoms with E-state index in [0.29, 0.717) is 57.3 Å².